The summed E-state index contributed by atoms with van der Waals surface area (Å²) in [5, 5.41) is 3.33. The van der Waals surface area contributed by atoms with Gasteiger partial charge in [0.1, 0.15) is 11.5 Å². The Kier molecular flexibility index (Phi) is 4.35. The Bertz CT molecular complexity index is 552. The van der Waals surface area contributed by atoms with Crippen molar-refractivity contribution in [3.8, 4) is 5.75 Å². The van der Waals surface area contributed by atoms with Crippen LogP contribution in [0.1, 0.15) is 11.3 Å². The monoisotopic (exact) mass is 373 g/mol. The van der Waals surface area contributed by atoms with Crippen LogP contribution in [0.15, 0.2) is 37.8 Å². The molecule has 0 aliphatic heterocycles. The smallest absolute Gasteiger partial charge is 0.169 e. The first-order chi connectivity index (χ1) is 8.60. The van der Waals surface area contributed by atoms with Gasteiger partial charge in [0.15, 0.2) is 4.67 Å². The number of aryl methyl sites for hydroxylation is 1. The maximum Gasteiger partial charge on any atom is 0.169 e. The highest BCUT2D eigenvalue weighted by Crippen LogP contribution is 2.32. The highest BCUT2D eigenvalue weighted by atomic mass is 79.9. The van der Waals surface area contributed by atoms with Gasteiger partial charge < -0.3 is 14.5 Å². The Morgan fingerprint density at radius 3 is 2.67 bits per heavy atom. The zero-order valence-electron chi connectivity index (χ0n) is 10.1. The van der Waals surface area contributed by atoms with Crippen LogP contribution >= 0.6 is 31.9 Å². The fourth-order valence-electron chi connectivity index (χ4n) is 1.72. The van der Waals surface area contributed by atoms with Gasteiger partial charge in [0.25, 0.3) is 0 Å². The van der Waals surface area contributed by atoms with Crippen LogP contribution < -0.4 is 10.1 Å². The van der Waals surface area contributed by atoms with Gasteiger partial charge in [-0.3, -0.25) is 0 Å². The van der Waals surface area contributed by atoms with Crippen molar-refractivity contribution in [2.75, 3.05) is 12.4 Å². The van der Waals surface area contributed by atoms with Crippen LogP contribution in [0.2, 0.25) is 0 Å². The molecule has 96 valence electrons. The van der Waals surface area contributed by atoms with Crippen molar-refractivity contribution in [3.63, 3.8) is 0 Å². The largest absolute Gasteiger partial charge is 0.495 e. The molecule has 0 saturated carbocycles. The predicted molar refractivity (Wildman–Crippen MR) is 79.2 cm³/mol. The summed E-state index contributed by atoms with van der Waals surface area (Å²) in [6, 6.07) is 7.79. The lowest BCUT2D eigenvalue weighted by molar-refractivity contribution is 0.415. The van der Waals surface area contributed by atoms with Gasteiger partial charge in [-0.05, 0) is 52.7 Å². The topological polar surface area (TPSA) is 34.4 Å². The molecule has 1 aromatic carbocycles. The first-order valence-corrected chi connectivity index (χ1v) is 7.01. The van der Waals surface area contributed by atoms with E-state index >= 15 is 0 Å². The van der Waals surface area contributed by atoms with Crippen LogP contribution in [0, 0.1) is 6.92 Å². The summed E-state index contributed by atoms with van der Waals surface area (Å²) in [4.78, 5) is 0. The van der Waals surface area contributed by atoms with Crippen LogP contribution in [-0.4, -0.2) is 7.11 Å². The van der Waals surface area contributed by atoms with Crippen molar-refractivity contribution >= 4 is 37.5 Å². The molecule has 0 aliphatic rings. The maximum atomic E-state index is 5.45. The molecule has 1 N–H and O–H groups in total. The first-order valence-electron chi connectivity index (χ1n) is 5.42. The summed E-state index contributed by atoms with van der Waals surface area (Å²) in [6.45, 7) is 2.65. The van der Waals surface area contributed by atoms with Crippen LogP contribution in [0.5, 0.6) is 5.75 Å². The number of hydrogen-bond donors (Lipinski definition) is 1. The first kappa shape index (κ1) is 13.5. The highest BCUT2D eigenvalue weighted by Gasteiger charge is 2.08. The summed E-state index contributed by atoms with van der Waals surface area (Å²) in [7, 11) is 1.66. The Balaban J connectivity index is 2.18. The second-order valence-electron chi connectivity index (χ2n) is 3.86. The quantitative estimate of drug-likeness (QED) is 0.839. The second-order valence-corrected chi connectivity index (χ2v) is 5.56. The lowest BCUT2D eigenvalue weighted by Gasteiger charge is -2.13. The second kappa shape index (κ2) is 5.80. The van der Waals surface area contributed by atoms with E-state index in [-0.39, 0.29) is 0 Å². The van der Waals surface area contributed by atoms with Gasteiger partial charge >= 0.3 is 0 Å². The van der Waals surface area contributed by atoms with Crippen LogP contribution in [0.25, 0.3) is 0 Å². The molecule has 3 nitrogen and oxygen atoms in total. The number of ether oxygens (including phenoxy) is 1. The molecule has 0 radical (unpaired) electrons. The van der Waals surface area contributed by atoms with Crippen LogP contribution in [0.4, 0.5) is 5.69 Å². The number of furan rings is 1. The summed E-state index contributed by atoms with van der Waals surface area (Å²) in [5.41, 5.74) is 2.10. The van der Waals surface area contributed by atoms with E-state index in [0.717, 1.165) is 31.9 Å². The third-order valence-corrected chi connectivity index (χ3v) is 3.44. The molecular weight excluding hydrogens is 362 g/mol. The fraction of sp³-hybridized carbons (Fsp3) is 0.231. The number of halogens is 2. The maximum absolute atomic E-state index is 5.45. The lowest BCUT2D eigenvalue weighted by Crippen LogP contribution is -2.02. The van der Waals surface area contributed by atoms with Crippen LogP contribution in [-0.2, 0) is 6.54 Å². The van der Waals surface area contributed by atoms with Crippen molar-refractivity contribution in [1.29, 1.82) is 0 Å². The minimum Gasteiger partial charge on any atom is -0.495 e. The van der Waals surface area contributed by atoms with E-state index in [0.29, 0.717) is 6.54 Å². The number of anilines is 1. The molecule has 2 aromatic rings. The zero-order valence-corrected chi connectivity index (χ0v) is 13.3. The lowest BCUT2D eigenvalue weighted by atomic mass is 10.2. The van der Waals surface area contributed by atoms with E-state index in [1.807, 2.05) is 31.2 Å². The molecule has 18 heavy (non-hydrogen) atoms. The molecule has 0 aliphatic carbocycles. The van der Waals surface area contributed by atoms with Gasteiger partial charge in [-0.2, -0.15) is 0 Å². The number of rotatable bonds is 4. The van der Waals surface area contributed by atoms with Gasteiger partial charge in [-0.25, -0.2) is 0 Å². The van der Waals surface area contributed by atoms with Gasteiger partial charge in [0.2, 0.25) is 0 Å². The minimum absolute atomic E-state index is 0.616. The Morgan fingerprint density at radius 1 is 1.28 bits per heavy atom. The van der Waals surface area contributed by atoms with Crippen molar-refractivity contribution < 1.29 is 9.15 Å². The molecule has 0 unspecified atom stereocenters. The van der Waals surface area contributed by atoms with E-state index < -0.39 is 0 Å². The molecule has 0 fully saturated rings. The Morgan fingerprint density at radius 2 is 2.06 bits per heavy atom. The molecule has 1 aromatic heterocycles. The number of hydrogen-bond acceptors (Lipinski definition) is 3. The normalized spacial score (nSPS) is 10.4. The molecule has 0 atom stereocenters. The molecule has 0 bridgehead atoms. The SMILES string of the molecule is COc1cc(Br)cc(C)c1NCc1ccc(Br)o1. The van der Waals surface area contributed by atoms with Gasteiger partial charge in [-0.15, -0.1) is 0 Å². The van der Waals surface area contributed by atoms with Crippen molar-refractivity contribution in [2.24, 2.45) is 0 Å². The third-order valence-electron chi connectivity index (χ3n) is 2.55. The average Bonchev–Trinajstić information content (AvgIpc) is 2.73. The van der Waals surface area contributed by atoms with Gasteiger partial charge in [-0.1, -0.05) is 15.9 Å². The number of benzene rings is 1. The molecule has 0 spiro atoms. The summed E-state index contributed by atoms with van der Waals surface area (Å²) in [5.74, 6) is 1.68. The van der Waals surface area contributed by atoms with E-state index in [1.54, 1.807) is 7.11 Å². The Labute approximate surface area is 123 Å². The predicted octanol–water partition coefficient (Wildman–Crippen LogP) is 4.73. The van der Waals surface area contributed by atoms with Crippen molar-refractivity contribution in [3.05, 3.63) is 44.7 Å². The van der Waals surface area contributed by atoms with E-state index in [1.165, 1.54) is 0 Å². The molecular formula is C13H13Br2NO2. The van der Waals surface area contributed by atoms with E-state index in [9.17, 15) is 0 Å². The van der Waals surface area contributed by atoms with E-state index in [4.69, 9.17) is 9.15 Å². The third kappa shape index (κ3) is 3.09. The Hall–Kier alpha value is -0.940. The summed E-state index contributed by atoms with van der Waals surface area (Å²) >= 11 is 6.74. The standard InChI is InChI=1S/C13H13Br2NO2/c1-8-5-9(14)6-11(17-2)13(8)16-7-10-3-4-12(15)18-10/h3-6,16H,7H2,1-2H3. The van der Waals surface area contributed by atoms with Crippen LogP contribution in [0.3, 0.4) is 0 Å². The minimum atomic E-state index is 0.616. The highest BCUT2D eigenvalue weighted by molar-refractivity contribution is 9.10. The van der Waals surface area contributed by atoms with Gasteiger partial charge in [0.05, 0.1) is 19.3 Å². The van der Waals surface area contributed by atoms with Crippen molar-refractivity contribution in [2.45, 2.75) is 13.5 Å². The van der Waals surface area contributed by atoms with Crippen molar-refractivity contribution in [1.82, 2.24) is 0 Å². The fourth-order valence-corrected chi connectivity index (χ4v) is 2.61. The number of methoxy groups -OCH3 is 1. The number of nitrogens with one attached hydrogen (secondary N) is 1. The van der Waals surface area contributed by atoms with Gasteiger partial charge in [0, 0.05) is 4.47 Å². The zero-order chi connectivity index (χ0) is 13.1. The molecule has 2 rings (SSSR count). The molecule has 0 saturated heterocycles. The molecule has 1 heterocycles. The molecule has 0 amide bonds. The van der Waals surface area contributed by atoms with E-state index in [2.05, 4.69) is 37.2 Å². The molecule has 5 heteroatoms. The average molecular weight is 375 g/mol. The summed E-state index contributed by atoms with van der Waals surface area (Å²) < 4.78 is 12.6. The summed E-state index contributed by atoms with van der Waals surface area (Å²) in [6.07, 6.45) is 0.